The molecule has 0 atom stereocenters. The molecule has 0 N–H and O–H groups in total. The number of nitrogens with zero attached hydrogens (tertiary/aromatic N) is 4. The lowest BCUT2D eigenvalue weighted by atomic mass is 9.99. The number of hydrogen-bond donors (Lipinski definition) is 0. The third kappa shape index (κ3) is 14.0. The van der Waals surface area contributed by atoms with Gasteiger partial charge >= 0.3 is 0 Å². The molecule has 0 aromatic heterocycles. The molecule has 3 saturated heterocycles. The number of hydrogen-bond acceptors (Lipinski definition) is 6. The molecular weight excluding hydrogens is 512 g/mol. The second-order valence-corrected chi connectivity index (χ2v) is 14.0. The molecule has 3 fully saturated rings. The number of morpholine rings is 1. The molecule has 0 amide bonds. The number of thioether (sulfide) groups is 1. The lowest BCUT2D eigenvalue weighted by molar-refractivity contribution is 0.0238. The number of fused-ring (bicyclic) bond motifs is 1. The van der Waals surface area contributed by atoms with Crippen LogP contribution in [0.2, 0.25) is 0 Å². The molecular formula is C34H64N4OS. The molecule has 0 radical (unpaired) electrons. The topological polar surface area (TPSA) is 22.2 Å². The quantitative estimate of drug-likeness (QED) is 0.405. The van der Waals surface area contributed by atoms with E-state index >= 15 is 0 Å². The minimum absolute atomic E-state index is 0.674. The van der Waals surface area contributed by atoms with E-state index in [1.807, 2.05) is 0 Å². The molecule has 0 saturated carbocycles. The standard InChI is InChI=1S/C12H17N.C8H17N.C7H15NO.C7H15NS/c1-10(2)13-8-7-11-5-3-4-6-12(11)9-13;1-8(2)9-6-4-3-5-7-9;2*1-7(2)8-3-5-9-6-4-8/h3-6,10H,7-9H2,1-2H3;8H,3-7H2,1-2H3;2*7H,3-6H2,1-2H3. The van der Waals surface area contributed by atoms with Gasteiger partial charge in [-0.3, -0.25) is 14.7 Å². The van der Waals surface area contributed by atoms with E-state index in [1.54, 1.807) is 5.56 Å². The van der Waals surface area contributed by atoms with Gasteiger partial charge in [-0.25, -0.2) is 0 Å². The van der Waals surface area contributed by atoms with Crippen molar-refractivity contribution in [2.75, 3.05) is 70.5 Å². The second kappa shape index (κ2) is 20.3. The Morgan fingerprint density at radius 1 is 0.550 bits per heavy atom. The first kappa shape index (κ1) is 35.6. The van der Waals surface area contributed by atoms with E-state index in [2.05, 4.69) is 111 Å². The van der Waals surface area contributed by atoms with Crippen LogP contribution in [0.15, 0.2) is 24.3 Å². The fourth-order valence-electron chi connectivity index (χ4n) is 5.58. The van der Waals surface area contributed by atoms with Gasteiger partial charge in [-0.1, -0.05) is 30.7 Å². The van der Waals surface area contributed by atoms with Crippen molar-refractivity contribution in [2.45, 2.75) is 112 Å². The van der Waals surface area contributed by atoms with Crippen LogP contribution in [0.1, 0.15) is 85.8 Å². The summed E-state index contributed by atoms with van der Waals surface area (Å²) >= 11 is 2.07. The maximum atomic E-state index is 5.21. The Bertz CT molecular complexity index is 702. The van der Waals surface area contributed by atoms with E-state index in [0.717, 1.165) is 44.9 Å². The molecule has 6 heteroatoms. The predicted octanol–water partition coefficient (Wildman–Crippen LogP) is 6.50. The minimum Gasteiger partial charge on any atom is -0.379 e. The van der Waals surface area contributed by atoms with E-state index < -0.39 is 0 Å². The summed E-state index contributed by atoms with van der Waals surface area (Å²) < 4.78 is 5.21. The van der Waals surface area contributed by atoms with Gasteiger partial charge in [0.1, 0.15) is 0 Å². The highest BCUT2D eigenvalue weighted by Crippen LogP contribution is 2.19. The van der Waals surface area contributed by atoms with Crippen LogP contribution < -0.4 is 0 Å². The van der Waals surface area contributed by atoms with Gasteiger partial charge in [-0.2, -0.15) is 11.8 Å². The summed E-state index contributed by atoms with van der Waals surface area (Å²) in [7, 11) is 0. The van der Waals surface area contributed by atoms with Crippen molar-refractivity contribution in [3.05, 3.63) is 35.4 Å². The molecule has 0 aliphatic carbocycles. The first-order valence-corrected chi connectivity index (χ1v) is 17.5. The molecule has 4 heterocycles. The fourth-order valence-corrected chi connectivity index (χ4v) is 6.51. The van der Waals surface area contributed by atoms with Crippen molar-refractivity contribution in [3.8, 4) is 0 Å². The Labute approximate surface area is 253 Å². The molecule has 4 aliphatic heterocycles. The third-order valence-corrected chi connectivity index (χ3v) is 9.51. The van der Waals surface area contributed by atoms with Crippen LogP contribution in [-0.2, 0) is 17.7 Å². The maximum Gasteiger partial charge on any atom is 0.0594 e. The third-order valence-electron chi connectivity index (χ3n) is 8.56. The molecule has 232 valence electrons. The van der Waals surface area contributed by atoms with Crippen LogP contribution in [0.25, 0.3) is 0 Å². The van der Waals surface area contributed by atoms with Crippen molar-refractivity contribution in [2.24, 2.45) is 0 Å². The van der Waals surface area contributed by atoms with Crippen LogP contribution in [0.5, 0.6) is 0 Å². The van der Waals surface area contributed by atoms with Crippen molar-refractivity contribution in [1.29, 1.82) is 0 Å². The van der Waals surface area contributed by atoms with Crippen molar-refractivity contribution in [3.63, 3.8) is 0 Å². The number of piperidine rings is 1. The van der Waals surface area contributed by atoms with E-state index in [4.69, 9.17) is 4.74 Å². The molecule has 1 aromatic rings. The van der Waals surface area contributed by atoms with E-state index in [9.17, 15) is 0 Å². The normalized spacial score (nSPS) is 21.2. The van der Waals surface area contributed by atoms with E-state index in [1.165, 1.54) is 75.5 Å². The lowest BCUT2D eigenvalue weighted by Crippen LogP contribution is -2.40. The van der Waals surface area contributed by atoms with Gasteiger partial charge in [-0.15, -0.1) is 0 Å². The average molecular weight is 577 g/mol. The molecule has 0 bridgehead atoms. The zero-order chi connectivity index (χ0) is 29.3. The van der Waals surface area contributed by atoms with E-state index in [-0.39, 0.29) is 0 Å². The molecule has 5 nitrogen and oxygen atoms in total. The minimum atomic E-state index is 0.674. The number of benzene rings is 1. The lowest BCUT2D eigenvalue weighted by Gasteiger charge is -2.31. The fraction of sp³-hybridized carbons (Fsp3) is 0.824. The van der Waals surface area contributed by atoms with Crippen LogP contribution in [0.4, 0.5) is 0 Å². The summed E-state index contributed by atoms with van der Waals surface area (Å²) in [4.78, 5) is 10.1. The number of likely N-dealkylation sites (tertiary alicyclic amines) is 1. The largest absolute Gasteiger partial charge is 0.379 e. The zero-order valence-corrected chi connectivity index (χ0v) is 28.4. The highest BCUT2D eigenvalue weighted by atomic mass is 32.2. The highest BCUT2D eigenvalue weighted by molar-refractivity contribution is 7.99. The predicted molar refractivity (Wildman–Crippen MR) is 178 cm³/mol. The average Bonchev–Trinajstić information content (AvgIpc) is 2.99. The highest BCUT2D eigenvalue weighted by Gasteiger charge is 2.17. The summed E-state index contributed by atoms with van der Waals surface area (Å²) in [6, 6.07) is 11.7. The Morgan fingerprint density at radius 2 is 1.02 bits per heavy atom. The van der Waals surface area contributed by atoms with Gasteiger partial charge in [0.15, 0.2) is 0 Å². The summed E-state index contributed by atoms with van der Waals surface area (Å²) in [5.74, 6) is 2.66. The van der Waals surface area contributed by atoms with Gasteiger partial charge < -0.3 is 9.64 Å². The second-order valence-electron chi connectivity index (χ2n) is 12.8. The Morgan fingerprint density at radius 3 is 1.48 bits per heavy atom. The first-order chi connectivity index (χ1) is 19.2. The monoisotopic (exact) mass is 576 g/mol. The Hall–Kier alpha value is -0.630. The van der Waals surface area contributed by atoms with Crippen LogP contribution in [0.3, 0.4) is 0 Å². The molecule has 0 unspecified atom stereocenters. The van der Waals surface area contributed by atoms with Gasteiger partial charge in [0, 0.05) is 74.9 Å². The van der Waals surface area contributed by atoms with Crippen LogP contribution in [-0.4, -0.2) is 114 Å². The van der Waals surface area contributed by atoms with Gasteiger partial charge in [-0.05, 0) is 98.9 Å². The van der Waals surface area contributed by atoms with Crippen molar-refractivity contribution < 1.29 is 4.74 Å². The van der Waals surface area contributed by atoms with Crippen LogP contribution >= 0.6 is 11.8 Å². The van der Waals surface area contributed by atoms with Crippen molar-refractivity contribution in [1.82, 2.24) is 19.6 Å². The SMILES string of the molecule is CC(C)N1CCCCC1.CC(C)N1CCOCC1.CC(C)N1CCSCC1.CC(C)N1CCc2ccccc2C1. The Kier molecular flexibility index (Phi) is 18.1. The summed E-state index contributed by atoms with van der Waals surface area (Å²) in [5, 5.41) is 0. The molecule has 5 rings (SSSR count). The zero-order valence-electron chi connectivity index (χ0n) is 27.5. The molecule has 40 heavy (non-hydrogen) atoms. The van der Waals surface area contributed by atoms with Crippen molar-refractivity contribution >= 4 is 11.8 Å². The molecule has 0 spiro atoms. The van der Waals surface area contributed by atoms with Gasteiger partial charge in [0.25, 0.3) is 0 Å². The Balaban J connectivity index is 0.000000190. The molecule has 4 aliphatic rings. The number of ether oxygens (including phenoxy) is 1. The van der Waals surface area contributed by atoms with Crippen LogP contribution in [0, 0.1) is 0 Å². The smallest absolute Gasteiger partial charge is 0.0594 e. The summed E-state index contributed by atoms with van der Waals surface area (Å²) in [6.45, 7) is 29.8. The number of rotatable bonds is 4. The maximum absolute atomic E-state index is 5.21. The first-order valence-electron chi connectivity index (χ1n) is 16.4. The summed E-state index contributed by atoms with van der Waals surface area (Å²) in [5.41, 5.74) is 3.06. The van der Waals surface area contributed by atoms with E-state index in [0.29, 0.717) is 12.1 Å². The summed E-state index contributed by atoms with van der Waals surface area (Å²) in [6.07, 6.45) is 5.49. The van der Waals surface area contributed by atoms with Gasteiger partial charge in [0.2, 0.25) is 0 Å². The molecule has 1 aromatic carbocycles. The van der Waals surface area contributed by atoms with Gasteiger partial charge in [0.05, 0.1) is 13.2 Å².